The summed E-state index contributed by atoms with van der Waals surface area (Å²) in [7, 11) is 1.65. The van der Waals surface area contributed by atoms with Crippen LogP contribution < -0.4 is 4.74 Å². The molecule has 0 saturated heterocycles. The van der Waals surface area contributed by atoms with Gasteiger partial charge in [0.2, 0.25) is 0 Å². The normalized spacial score (nSPS) is 10.9. The smallest absolute Gasteiger partial charge is 0.254 e. The first-order chi connectivity index (χ1) is 14.3. The standard InChI is InChI=1S/C22H16N6O/c1-29-16-10-8-15(9-11-16)19-14-28-21(18-7-3-5-13-24-18)20(26-27-22(28)25-19)17-6-2-4-12-23-17/h2-14H,1H3. The molecule has 0 saturated carbocycles. The molecule has 0 aliphatic rings. The van der Waals surface area contributed by atoms with Crippen molar-refractivity contribution >= 4 is 5.78 Å². The quantitative estimate of drug-likeness (QED) is 0.470. The Bertz CT molecular complexity index is 1270. The van der Waals surface area contributed by atoms with Gasteiger partial charge < -0.3 is 4.74 Å². The number of benzene rings is 1. The summed E-state index contributed by atoms with van der Waals surface area (Å²) < 4.78 is 7.16. The maximum atomic E-state index is 5.24. The summed E-state index contributed by atoms with van der Waals surface area (Å²) in [6.07, 6.45) is 5.44. The number of nitrogens with zero attached hydrogens (tertiary/aromatic N) is 6. The van der Waals surface area contributed by atoms with E-state index >= 15 is 0 Å². The predicted molar refractivity (Wildman–Crippen MR) is 109 cm³/mol. The maximum absolute atomic E-state index is 5.24. The molecule has 7 heteroatoms. The van der Waals surface area contributed by atoms with Crippen LogP contribution in [0.1, 0.15) is 0 Å². The molecule has 0 atom stereocenters. The van der Waals surface area contributed by atoms with E-state index in [1.165, 1.54) is 0 Å². The second kappa shape index (κ2) is 7.12. The Hall–Kier alpha value is -4.13. The Morgan fingerprint density at radius 3 is 2.14 bits per heavy atom. The van der Waals surface area contributed by atoms with Crippen LogP contribution in [0.2, 0.25) is 0 Å². The number of hydrogen-bond acceptors (Lipinski definition) is 6. The van der Waals surface area contributed by atoms with Crippen molar-refractivity contribution in [3.8, 4) is 39.8 Å². The number of aromatic nitrogens is 6. The minimum atomic E-state index is 0.496. The summed E-state index contributed by atoms with van der Waals surface area (Å²) in [6, 6.07) is 19.2. The summed E-state index contributed by atoms with van der Waals surface area (Å²) in [5, 5.41) is 8.76. The minimum absolute atomic E-state index is 0.496. The van der Waals surface area contributed by atoms with Crippen molar-refractivity contribution in [3.05, 3.63) is 79.3 Å². The molecule has 0 radical (unpaired) electrons. The van der Waals surface area contributed by atoms with Crippen LogP contribution in [0.3, 0.4) is 0 Å². The van der Waals surface area contributed by atoms with Crippen LogP contribution >= 0.6 is 0 Å². The summed E-state index contributed by atoms with van der Waals surface area (Å²) in [5.41, 5.74) is 4.69. The lowest BCUT2D eigenvalue weighted by Crippen LogP contribution is -2.03. The fraction of sp³-hybridized carbons (Fsp3) is 0.0455. The molecule has 5 rings (SSSR count). The van der Waals surface area contributed by atoms with Crippen LogP contribution in [-0.2, 0) is 0 Å². The topological polar surface area (TPSA) is 78.1 Å². The molecule has 4 heterocycles. The van der Waals surface area contributed by atoms with Crippen LogP contribution in [0.4, 0.5) is 0 Å². The third-order valence-electron chi connectivity index (χ3n) is 4.59. The van der Waals surface area contributed by atoms with Gasteiger partial charge in [-0.3, -0.25) is 14.4 Å². The fourth-order valence-corrected chi connectivity index (χ4v) is 3.19. The first kappa shape index (κ1) is 17.0. The molecule has 0 spiro atoms. The highest BCUT2D eigenvalue weighted by molar-refractivity contribution is 5.76. The number of pyridine rings is 2. The van der Waals surface area contributed by atoms with Crippen LogP contribution in [0.25, 0.3) is 39.8 Å². The van der Waals surface area contributed by atoms with E-state index in [0.29, 0.717) is 11.5 Å². The highest BCUT2D eigenvalue weighted by atomic mass is 16.5. The van der Waals surface area contributed by atoms with Crippen molar-refractivity contribution in [3.63, 3.8) is 0 Å². The van der Waals surface area contributed by atoms with E-state index in [0.717, 1.165) is 34.1 Å². The van der Waals surface area contributed by atoms with Crippen LogP contribution in [0.15, 0.2) is 79.3 Å². The largest absolute Gasteiger partial charge is 0.497 e. The number of rotatable bonds is 4. The van der Waals surface area contributed by atoms with E-state index in [9.17, 15) is 0 Å². The lowest BCUT2D eigenvalue weighted by molar-refractivity contribution is 0.415. The Labute approximate surface area is 166 Å². The Balaban J connectivity index is 1.74. The molecule has 0 aliphatic heterocycles. The SMILES string of the molecule is COc1ccc(-c2cn3c(-c4ccccn4)c(-c4ccccn4)nnc3n2)cc1. The summed E-state index contributed by atoms with van der Waals surface area (Å²) >= 11 is 0. The zero-order chi connectivity index (χ0) is 19.6. The molecule has 0 unspecified atom stereocenters. The summed E-state index contributed by atoms with van der Waals surface area (Å²) in [4.78, 5) is 13.6. The molecular weight excluding hydrogens is 364 g/mol. The lowest BCUT2D eigenvalue weighted by atomic mass is 10.1. The van der Waals surface area contributed by atoms with E-state index in [4.69, 9.17) is 4.74 Å². The molecule has 0 amide bonds. The molecule has 5 aromatic rings. The van der Waals surface area contributed by atoms with Gasteiger partial charge in [-0.2, -0.15) is 0 Å². The third kappa shape index (κ3) is 3.08. The van der Waals surface area contributed by atoms with Crippen LogP contribution in [-0.4, -0.2) is 36.7 Å². The third-order valence-corrected chi connectivity index (χ3v) is 4.59. The van der Waals surface area contributed by atoms with Crippen molar-refractivity contribution in [2.75, 3.05) is 7.11 Å². The second-order valence-corrected chi connectivity index (χ2v) is 6.35. The number of imidazole rings is 1. The average molecular weight is 380 g/mol. The first-order valence-electron chi connectivity index (χ1n) is 9.06. The Kier molecular flexibility index (Phi) is 4.18. The Morgan fingerprint density at radius 1 is 0.759 bits per heavy atom. The average Bonchev–Trinajstić information content (AvgIpc) is 3.24. The van der Waals surface area contributed by atoms with Gasteiger partial charge in [-0.25, -0.2) is 4.98 Å². The van der Waals surface area contributed by atoms with Gasteiger partial charge >= 0.3 is 0 Å². The zero-order valence-corrected chi connectivity index (χ0v) is 15.6. The Morgan fingerprint density at radius 2 is 1.48 bits per heavy atom. The minimum Gasteiger partial charge on any atom is -0.497 e. The molecule has 7 nitrogen and oxygen atoms in total. The molecule has 1 aromatic carbocycles. The fourth-order valence-electron chi connectivity index (χ4n) is 3.19. The van der Waals surface area contributed by atoms with Crippen molar-refractivity contribution in [2.24, 2.45) is 0 Å². The maximum Gasteiger partial charge on any atom is 0.254 e. The molecule has 0 fully saturated rings. The van der Waals surface area contributed by atoms with Gasteiger partial charge in [-0.05, 0) is 48.5 Å². The lowest BCUT2D eigenvalue weighted by Gasteiger charge is -2.09. The van der Waals surface area contributed by atoms with Crippen molar-refractivity contribution in [1.82, 2.24) is 29.5 Å². The first-order valence-corrected chi connectivity index (χ1v) is 9.06. The zero-order valence-electron chi connectivity index (χ0n) is 15.6. The molecule has 0 aliphatic carbocycles. The monoisotopic (exact) mass is 380 g/mol. The molecule has 29 heavy (non-hydrogen) atoms. The number of methoxy groups -OCH3 is 1. The van der Waals surface area contributed by atoms with E-state index in [1.807, 2.05) is 71.3 Å². The number of hydrogen-bond donors (Lipinski definition) is 0. The molecule has 140 valence electrons. The number of fused-ring (bicyclic) bond motifs is 1. The molecule has 0 bridgehead atoms. The van der Waals surface area contributed by atoms with Gasteiger partial charge in [-0.15, -0.1) is 10.2 Å². The van der Waals surface area contributed by atoms with Gasteiger partial charge in [0.25, 0.3) is 5.78 Å². The van der Waals surface area contributed by atoms with E-state index in [2.05, 4.69) is 25.1 Å². The van der Waals surface area contributed by atoms with Crippen LogP contribution in [0, 0.1) is 0 Å². The van der Waals surface area contributed by atoms with Gasteiger partial charge in [0, 0.05) is 24.2 Å². The molecule has 4 aromatic heterocycles. The predicted octanol–water partition coefficient (Wildman–Crippen LogP) is 3.92. The van der Waals surface area contributed by atoms with Crippen LogP contribution in [0.5, 0.6) is 5.75 Å². The molecular formula is C22H16N6O. The summed E-state index contributed by atoms with van der Waals surface area (Å²) in [6.45, 7) is 0. The van der Waals surface area contributed by atoms with Crippen molar-refractivity contribution < 1.29 is 4.74 Å². The van der Waals surface area contributed by atoms with Gasteiger partial charge in [0.1, 0.15) is 17.1 Å². The van der Waals surface area contributed by atoms with Crippen molar-refractivity contribution in [1.29, 1.82) is 0 Å². The van der Waals surface area contributed by atoms with Gasteiger partial charge in [0.05, 0.1) is 24.2 Å². The highest BCUT2D eigenvalue weighted by Gasteiger charge is 2.18. The van der Waals surface area contributed by atoms with E-state index < -0.39 is 0 Å². The molecule has 0 N–H and O–H groups in total. The van der Waals surface area contributed by atoms with Gasteiger partial charge in [-0.1, -0.05) is 12.1 Å². The van der Waals surface area contributed by atoms with Crippen molar-refractivity contribution in [2.45, 2.75) is 0 Å². The second-order valence-electron chi connectivity index (χ2n) is 6.35. The number of ether oxygens (including phenoxy) is 1. The summed E-state index contributed by atoms with van der Waals surface area (Å²) in [5.74, 6) is 1.29. The van der Waals surface area contributed by atoms with E-state index in [1.54, 1.807) is 19.5 Å². The van der Waals surface area contributed by atoms with E-state index in [-0.39, 0.29) is 0 Å². The van der Waals surface area contributed by atoms with Gasteiger partial charge in [0.15, 0.2) is 0 Å². The highest BCUT2D eigenvalue weighted by Crippen LogP contribution is 2.30.